The van der Waals surface area contributed by atoms with Crippen molar-refractivity contribution >= 4 is 27.5 Å². The van der Waals surface area contributed by atoms with Gasteiger partial charge in [0.05, 0.1) is 0 Å². The van der Waals surface area contributed by atoms with Gasteiger partial charge in [-0.2, -0.15) is 0 Å². The van der Waals surface area contributed by atoms with E-state index in [1.807, 2.05) is 0 Å². The fraction of sp³-hybridized carbons (Fsp3) is 0.385. The zero-order valence-corrected chi connectivity index (χ0v) is 12.4. The first-order valence-electron chi connectivity index (χ1n) is 5.26. The van der Waals surface area contributed by atoms with Crippen LogP contribution in [-0.4, -0.2) is 23.0 Å². The van der Waals surface area contributed by atoms with Crippen molar-refractivity contribution in [1.82, 2.24) is 0 Å². The standard InChI is InChI=1S/C13H18SeSi/c1-15(2,3)12-8-7-11-14-13-9-5-4-6-10-13/h4-6,9-10H,7,11H2,1-3H3. The van der Waals surface area contributed by atoms with E-state index in [2.05, 4.69) is 61.4 Å². The molecule has 0 aliphatic rings. The maximum atomic E-state index is 3.41. The van der Waals surface area contributed by atoms with Gasteiger partial charge in [-0.15, -0.1) is 0 Å². The van der Waals surface area contributed by atoms with Crippen LogP contribution in [0.2, 0.25) is 25.0 Å². The van der Waals surface area contributed by atoms with Gasteiger partial charge in [-0.25, -0.2) is 0 Å². The van der Waals surface area contributed by atoms with E-state index in [0.29, 0.717) is 15.0 Å². The Labute approximate surface area is 101 Å². The minimum absolute atomic E-state index is 0.607. The number of benzene rings is 1. The summed E-state index contributed by atoms with van der Waals surface area (Å²) in [6.45, 7) is 6.88. The fourth-order valence-electron chi connectivity index (χ4n) is 1.06. The van der Waals surface area contributed by atoms with Gasteiger partial charge in [0.25, 0.3) is 0 Å². The van der Waals surface area contributed by atoms with Gasteiger partial charge in [0.15, 0.2) is 0 Å². The van der Waals surface area contributed by atoms with Crippen LogP contribution in [-0.2, 0) is 0 Å². The quantitative estimate of drug-likeness (QED) is 0.454. The molecule has 0 saturated heterocycles. The molecule has 1 aromatic carbocycles. The van der Waals surface area contributed by atoms with E-state index in [9.17, 15) is 0 Å². The predicted molar refractivity (Wildman–Crippen MR) is 72.4 cm³/mol. The Morgan fingerprint density at radius 1 is 1.13 bits per heavy atom. The second kappa shape index (κ2) is 6.18. The van der Waals surface area contributed by atoms with Crippen LogP contribution < -0.4 is 4.46 Å². The SMILES string of the molecule is C[Si](C)(C)C#CCC[Se]c1ccccc1. The normalized spacial score (nSPS) is 10.6. The molecule has 0 aliphatic carbocycles. The molecular weight excluding hydrogens is 263 g/mol. The molecule has 0 aromatic heterocycles. The maximum absolute atomic E-state index is 3.41. The molecule has 0 fully saturated rings. The molecule has 0 nitrogen and oxygen atoms in total. The van der Waals surface area contributed by atoms with Gasteiger partial charge in [-0.3, -0.25) is 0 Å². The first-order chi connectivity index (χ1) is 7.08. The van der Waals surface area contributed by atoms with Crippen molar-refractivity contribution < 1.29 is 0 Å². The Morgan fingerprint density at radius 3 is 2.40 bits per heavy atom. The molecule has 0 bridgehead atoms. The molecule has 0 atom stereocenters. The second-order valence-corrected chi connectivity index (χ2v) is 11.7. The third-order valence-corrected chi connectivity index (χ3v) is 4.76. The molecule has 0 N–H and O–H groups in total. The van der Waals surface area contributed by atoms with Crippen LogP contribution in [0.3, 0.4) is 0 Å². The first kappa shape index (κ1) is 12.6. The van der Waals surface area contributed by atoms with Crippen LogP contribution >= 0.6 is 0 Å². The molecule has 0 aliphatic heterocycles. The van der Waals surface area contributed by atoms with Crippen molar-refractivity contribution in [3.8, 4) is 11.5 Å². The topological polar surface area (TPSA) is 0 Å². The van der Waals surface area contributed by atoms with Crippen LogP contribution in [0.1, 0.15) is 6.42 Å². The Bertz CT molecular complexity index is 340. The summed E-state index contributed by atoms with van der Waals surface area (Å²) in [6.07, 6.45) is 1.07. The number of hydrogen-bond donors (Lipinski definition) is 0. The predicted octanol–water partition coefficient (Wildman–Crippen LogP) is 2.71. The van der Waals surface area contributed by atoms with Crippen molar-refractivity contribution in [3.63, 3.8) is 0 Å². The molecule has 0 saturated carbocycles. The van der Waals surface area contributed by atoms with Gasteiger partial charge < -0.3 is 0 Å². The van der Waals surface area contributed by atoms with Crippen LogP contribution in [0, 0.1) is 11.5 Å². The van der Waals surface area contributed by atoms with Crippen LogP contribution in [0.4, 0.5) is 0 Å². The van der Waals surface area contributed by atoms with Gasteiger partial charge in [-0.05, 0) is 0 Å². The van der Waals surface area contributed by atoms with Crippen molar-refractivity contribution in [2.45, 2.75) is 31.4 Å². The summed E-state index contributed by atoms with van der Waals surface area (Å²) in [5.74, 6) is 3.32. The van der Waals surface area contributed by atoms with Crippen molar-refractivity contribution in [2.75, 3.05) is 0 Å². The first-order valence-corrected chi connectivity index (χ1v) is 10.8. The third kappa shape index (κ3) is 6.57. The molecule has 1 rings (SSSR count). The Balaban J connectivity index is 2.25. The van der Waals surface area contributed by atoms with Crippen LogP contribution in [0.5, 0.6) is 0 Å². The fourth-order valence-corrected chi connectivity index (χ4v) is 3.38. The summed E-state index contributed by atoms with van der Waals surface area (Å²) in [5.41, 5.74) is 3.41. The summed E-state index contributed by atoms with van der Waals surface area (Å²) in [4.78, 5) is 0. The molecule has 15 heavy (non-hydrogen) atoms. The van der Waals surface area contributed by atoms with Crippen molar-refractivity contribution in [2.24, 2.45) is 0 Å². The summed E-state index contributed by atoms with van der Waals surface area (Å²) in [5, 5.41) is 1.24. The molecule has 0 heterocycles. The molecular formula is C13H18SeSi. The number of hydrogen-bond acceptors (Lipinski definition) is 0. The van der Waals surface area contributed by atoms with Gasteiger partial charge in [0.1, 0.15) is 0 Å². The van der Waals surface area contributed by atoms with E-state index in [0.717, 1.165) is 6.42 Å². The molecule has 80 valence electrons. The summed E-state index contributed by atoms with van der Waals surface area (Å²) >= 11 is 0.607. The Kier molecular flexibility index (Phi) is 5.18. The summed E-state index contributed by atoms with van der Waals surface area (Å²) in [6, 6.07) is 10.7. The van der Waals surface area contributed by atoms with Gasteiger partial charge in [0, 0.05) is 0 Å². The van der Waals surface area contributed by atoms with Gasteiger partial charge in [-0.1, -0.05) is 0 Å². The van der Waals surface area contributed by atoms with E-state index in [1.54, 1.807) is 0 Å². The van der Waals surface area contributed by atoms with Gasteiger partial charge >= 0.3 is 101 Å². The van der Waals surface area contributed by atoms with Crippen molar-refractivity contribution in [1.29, 1.82) is 0 Å². The zero-order valence-electron chi connectivity index (χ0n) is 9.71. The molecule has 0 radical (unpaired) electrons. The minimum atomic E-state index is -1.14. The number of rotatable bonds is 3. The monoisotopic (exact) mass is 282 g/mol. The van der Waals surface area contributed by atoms with E-state index in [1.165, 1.54) is 9.78 Å². The third-order valence-electron chi connectivity index (χ3n) is 1.70. The second-order valence-electron chi connectivity index (χ2n) is 4.46. The van der Waals surface area contributed by atoms with Crippen LogP contribution in [0.25, 0.3) is 0 Å². The molecule has 0 spiro atoms. The van der Waals surface area contributed by atoms with E-state index in [4.69, 9.17) is 0 Å². The Hall–Kier alpha value is -0.484. The molecule has 1 aromatic rings. The van der Waals surface area contributed by atoms with E-state index in [-0.39, 0.29) is 0 Å². The summed E-state index contributed by atoms with van der Waals surface area (Å²) < 4.78 is 1.49. The average Bonchev–Trinajstić information content (AvgIpc) is 2.17. The molecule has 2 heteroatoms. The van der Waals surface area contributed by atoms with E-state index < -0.39 is 8.07 Å². The molecule has 0 amide bonds. The van der Waals surface area contributed by atoms with Crippen LogP contribution in [0.15, 0.2) is 30.3 Å². The summed E-state index contributed by atoms with van der Waals surface area (Å²) in [7, 11) is -1.14. The van der Waals surface area contributed by atoms with Gasteiger partial charge in [0.2, 0.25) is 0 Å². The average molecular weight is 281 g/mol. The van der Waals surface area contributed by atoms with E-state index >= 15 is 0 Å². The Morgan fingerprint density at radius 2 is 1.80 bits per heavy atom. The molecule has 0 unspecified atom stereocenters. The zero-order chi connectivity index (χ0) is 11.1. The van der Waals surface area contributed by atoms with Crippen molar-refractivity contribution in [3.05, 3.63) is 30.3 Å².